The normalized spacial score (nSPS) is 20.2. The lowest BCUT2D eigenvalue weighted by molar-refractivity contribution is -0.150. The third-order valence-corrected chi connectivity index (χ3v) is 7.27. The minimum absolute atomic E-state index is 0.0253. The molecular weight excluding hydrogens is 545 g/mol. The van der Waals surface area contributed by atoms with Gasteiger partial charge in [-0.15, -0.1) is 0 Å². The molecule has 14 heteroatoms. The summed E-state index contributed by atoms with van der Waals surface area (Å²) in [6, 6.07) is 4.23. The van der Waals surface area contributed by atoms with Crippen LogP contribution in [0.15, 0.2) is 18.2 Å². The van der Waals surface area contributed by atoms with Gasteiger partial charge in [-0.2, -0.15) is 18.3 Å². The molecule has 0 unspecified atom stereocenters. The van der Waals surface area contributed by atoms with E-state index < -0.39 is 46.4 Å². The molecule has 11 nitrogen and oxygen atoms in total. The van der Waals surface area contributed by atoms with Crippen molar-refractivity contribution in [2.24, 2.45) is 16.9 Å². The molecule has 2 aliphatic rings. The van der Waals surface area contributed by atoms with Crippen LogP contribution < -0.4 is 22.1 Å². The van der Waals surface area contributed by atoms with E-state index >= 15 is 0 Å². The maximum atomic E-state index is 13.9. The number of benzene rings is 1. The zero-order valence-electron chi connectivity index (χ0n) is 22.8. The van der Waals surface area contributed by atoms with Crippen molar-refractivity contribution in [2.45, 2.75) is 70.7 Å². The number of ketones is 1. The number of ether oxygens (including phenoxy) is 1. The Morgan fingerprint density at radius 3 is 2.44 bits per heavy atom. The number of nitrogens with zero attached hydrogens (tertiary/aromatic N) is 2. The first kappa shape index (κ1) is 30.0. The standard InChI is InChI=1S/C27H33F3N6O5/c1-26(2)10-19-23(20(37)11-26)24(27(28,29)30)35-36(19)15-5-8-17(25(32)40)18(9-15)34-14-3-6-16(7-4-14)41-22(39)13-33-21(38)12-31/h5,8-9,14,16,34H,3-4,6-7,10-13,31H2,1-2H3,(H2,32,40)(H,33,38)/t14-,16-. The topological polar surface area (TPSA) is 171 Å². The van der Waals surface area contributed by atoms with Gasteiger partial charge < -0.3 is 26.8 Å². The smallest absolute Gasteiger partial charge is 0.435 e. The van der Waals surface area contributed by atoms with Crippen LogP contribution in [0.4, 0.5) is 18.9 Å². The molecule has 0 saturated heterocycles. The molecule has 1 aromatic heterocycles. The molecule has 6 N–H and O–H groups in total. The second-order valence-corrected chi connectivity index (χ2v) is 11.2. The van der Waals surface area contributed by atoms with Crippen molar-refractivity contribution in [3.63, 3.8) is 0 Å². The monoisotopic (exact) mass is 578 g/mol. The average Bonchev–Trinajstić information content (AvgIpc) is 3.27. The quantitative estimate of drug-likeness (QED) is 0.346. The summed E-state index contributed by atoms with van der Waals surface area (Å²) < 4.78 is 48.2. The number of hydrogen-bond acceptors (Lipinski definition) is 8. The molecule has 1 heterocycles. The number of aromatic nitrogens is 2. The number of nitrogens with one attached hydrogen (secondary N) is 2. The minimum Gasteiger partial charge on any atom is -0.461 e. The highest BCUT2D eigenvalue weighted by atomic mass is 19.4. The van der Waals surface area contributed by atoms with Crippen LogP contribution >= 0.6 is 0 Å². The van der Waals surface area contributed by atoms with Gasteiger partial charge in [0.2, 0.25) is 5.91 Å². The Hall–Kier alpha value is -3.94. The number of halogens is 3. The highest BCUT2D eigenvalue weighted by Crippen LogP contribution is 2.42. The lowest BCUT2D eigenvalue weighted by atomic mass is 9.75. The maximum absolute atomic E-state index is 13.9. The van der Waals surface area contributed by atoms with E-state index in [0.717, 1.165) is 4.68 Å². The SMILES string of the molecule is CC1(C)CC(=O)c2c(C(F)(F)F)nn(-c3ccc(C(N)=O)c(N[C@H]4CC[C@H](OC(=O)CNC(=O)CN)CC4)c3)c2C1. The second kappa shape index (κ2) is 11.5. The van der Waals surface area contributed by atoms with Gasteiger partial charge in [0.15, 0.2) is 11.5 Å². The first-order valence-corrected chi connectivity index (χ1v) is 13.3. The Morgan fingerprint density at radius 2 is 1.83 bits per heavy atom. The van der Waals surface area contributed by atoms with Crippen molar-refractivity contribution >= 4 is 29.3 Å². The number of carbonyl (C=O) groups is 4. The molecule has 0 spiro atoms. The lowest BCUT2D eigenvalue weighted by Crippen LogP contribution is -2.37. The molecule has 0 atom stereocenters. The summed E-state index contributed by atoms with van der Waals surface area (Å²) in [5.41, 5.74) is 9.45. The second-order valence-electron chi connectivity index (χ2n) is 11.2. The number of nitrogens with two attached hydrogens (primary N) is 2. The summed E-state index contributed by atoms with van der Waals surface area (Å²) >= 11 is 0. The van der Waals surface area contributed by atoms with Crippen LogP contribution in [0.5, 0.6) is 0 Å². The number of hydrogen-bond donors (Lipinski definition) is 4. The highest BCUT2D eigenvalue weighted by Gasteiger charge is 2.45. The molecule has 1 fully saturated rings. The molecule has 0 bridgehead atoms. The Labute approximate surface area is 234 Å². The molecule has 41 heavy (non-hydrogen) atoms. The zero-order valence-corrected chi connectivity index (χ0v) is 22.8. The lowest BCUT2D eigenvalue weighted by Gasteiger charge is -2.30. The number of esters is 1. The number of amides is 2. The predicted octanol–water partition coefficient (Wildman–Crippen LogP) is 2.49. The molecule has 4 rings (SSSR count). The van der Waals surface area contributed by atoms with E-state index in [1.165, 1.54) is 18.2 Å². The summed E-state index contributed by atoms with van der Waals surface area (Å²) in [5.74, 6) is -2.38. The molecule has 0 aliphatic heterocycles. The molecular formula is C27H33F3N6O5. The number of rotatable bonds is 8. The van der Waals surface area contributed by atoms with Gasteiger partial charge >= 0.3 is 12.1 Å². The van der Waals surface area contributed by atoms with Gasteiger partial charge in [0, 0.05) is 18.2 Å². The van der Waals surface area contributed by atoms with Crippen LogP contribution in [0, 0.1) is 5.41 Å². The summed E-state index contributed by atoms with van der Waals surface area (Å²) in [7, 11) is 0. The largest absolute Gasteiger partial charge is 0.461 e. The van der Waals surface area contributed by atoms with Crippen molar-refractivity contribution in [1.82, 2.24) is 15.1 Å². The van der Waals surface area contributed by atoms with Gasteiger partial charge in [-0.05, 0) is 55.7 Å². The van der Waals surface area contributed by atoms with Crippen LogP contribution in [0.2, 0.25) is 0 Å². The molecule has 2 aromatic rings. The minimum atomic E-state index is -4.82. The Morgan fingerprint density at radius 1 is 1.15 bits per heavy atom. The van der Waals surface area contributed by atoms with E-state index in [2.05, 4.69) is 15.7 Å². The Bertz CT molecular complexity index is 1360. The van der Waals surface area contributed by atoms with Crippen LogP contribution in [0.1, 0.15) is 78.1 Å². The molecule has 1 aromatic carbocycles. The van der Waals surface area contributed by atoms with Crippen molar-refractivity contribution in [2.75, 3.05) is 18.4 Å². The number of anilines is 1. The number of primary amides is 1. The molecule has 2 amide bonds. The van der Waals surface area contributed by atoms with Gasteiger partial charge in [0.1, 0.15) is 12.6 Å². The van der Waals surface area contributed by atoms with Crippen LogP contribution in [0.25, 0.3) is 5.69 Å². The van der Waals surface area contributed by atoms with Crippen molar-refractivity contribution in [1.29, 1.82) is 0 Å². The van der Waals surface area contributed by atoms with E-state index in [1.807, 2.05) is 13.8 Å². The van der Waals surface area contributed by atoms with Crippen LogP contribution in [0.3, 0.4) is 0 Å². The summed E-state index contributed by atoms with van der Waals surface area (Å²) in [5, 5.41) is 9.44. The van der Waals surface area contributed by atoms with Crippen molar-refractivity contribution < 1.29 is 37.1 Å². The molecule has 1 saturated carbocycles. The molecule has 0 radical (unpaired) electrons. The Balaban J connectivity index is 1.55. The fourth-order valence-electron chi connectivity index (χ4n) is 5.37. The summed E-state index contributed by atoms with van der Waals surface area (Å²) in [4.78, 5) is 48.2. The van der Waals surface area contributed by atoms with Gasteiger partial charge in [-0.25, -0.2) is 4.68 Å². The van der Waals surface area contributed by atoms with Crippen molar-refractivity contribution in [3.05, 3.63) is 40.7 Å². The fraction of sp³-hybridized carbons (Fsp3) is 0.519. The summed E-state index contributed by atoms with van der Waals surface area (Å²) in [6.07, 6.45) is -2.84. The average molecular weight is 579 g/mol. The first-order valence-electron chi connectivity index (χ1n) is 13.3. The van der Waals surface area contributed by atoms with Gasteiger partial charge in [-0.1, -0.05) is 13.8 Å². The van der Waals surface area contributed by atoms with Gasteiger partial charge in [0.05, 0.1) is 29.1 Å². The number of Topliss-reactive ketones (excluding diaryl/α,β-unsaturated/α-hetero) is 1. The van der Waals surface area contributed by atoms with E-state index in [4.69, 9.17) is 16.2 Å². The number of alkyl halides is 3. The van der Waals surface area contributed by atoms with E-state index in [-0.39, 0.29) is 55.0 Å². The third-order valence-electron chi connectivity index (χ3n) is 7.27. The zero-order chi connectivity index (χ0) is 30.1. The number of fused-ring (bicyclic) bond motifs is 1. The van der Waals surface area contributed by atoms with E-state index in [1.54, 1.807) is 0 Å². The molecule has 222 valence electrons. The predicted molar refractivity (Wildman–Crippen MR) is 141 cm³/mol. The fourth-order valence-corrected chi connectivity index (χ4v) is 5.37. The van der Waals surface area contributed by atoms with E-state index in [9.17, 15) is 32.3 Å². The van der Waals surface area contributed by atoms with Crippen molar-refractivity contribution in [3.8, 4) is 5.69 Å². The van der Waals surface area contributed by atoms with Crippen LogP contribution in [-0.2, 0) is 26.9 Å². The maximum Gasteiger partial charge on any atom is 0.435 e. The van der Waals surface area contributed by atoms with Gasteiger partial charge in [0.25, 0.3) is 5.91 Å². The third kappa shape index (κ3) is 6.87. The molecule has 2 aliphatic carbocycles. The van der Waals surface area contributed by atoms with Gasteiger partial charge in [-0.3, -0.25) is 19.2 Å². The number of carbonyl (C=O) groups excluding carboxylic acids is 4. The first-order chi connectivity index (χ1) is 19.2. The summed E-state index contributed by atoms with van der Waals surface area (Å²) in [6.45, 7) is 3.11. The highest BCUT2D eigenvalue weighted by molar-refractivity contribution is 6.00. The Kier molecular flexibility index (Phi) is 8.43. The van der Waals surface area contributed by atoms with Crippen LogP contribution in [-0.4, -0.2) is 58.6 Å². The van der Waals surface area contributed by atoms with E-state index in [0.29, 0.717) is 31.4 Å².